The maximum atomic E-state index is 12.8. The van der Waals surface area contributed by atoms with Gasteiger partial charge >= 0.3 is 16.2 Å². The van der Waals surface area contributed by atoms with E-state index < -0.39 is 26.7 Å². The van der Waals surface area contributed by atoms with E-state index in [9.17, 15) is 17.1 Å². The van der Waals surface area contributed by atoms with Crippen molar-refractivity contribution < 1.29 is 31.7 Å². The first-order valence-electron chi connectivity index (χ1n) is 5.30. The summed E-state index contributed by atoms with van der Waals surface area (Å²) in [7, 11) is -3.43. The topological polar surface area (TPSA) is 89.9 Å². The molecule has 0 unspecified atom stereocenters. The third kappa shape index (κ3) is 4.49. The Kier molecular flexibility index (Phi) is 5.25. The Balaban J connectivity index is 2.96. The molecule has 6 nitrogen and oxygen atoms in total. The molecule has 0 radical (unpaired) electrons. The minimum atomic E-state index is -4.94. The monoisotopic (exact) mass is 292 g/mol. The van der Waals surface area contributed by atoms with Crippen molar-refractivity contribution in [2.24, 2.45) is 0 Å². The molecule has 0 spiro atoms. The summed E-state index contributed by atoms with van der Waals surface area (Å²) in [5.41, 5.74) is -0.406. The molecule has 1 aromatic rings. The van der Waals surface area contributed by atoms with Gasteiger partial charge in [0.1, 0.15) is 11.3 Å². The van der Waals surface area contributed by atoms with E-state index in [0.717, 1.165) is 18.2 Å². The minimum absolute atomic E-state index is 0.0176. The number of rotatable bonds is 7. The Morgan fingerprint density at radius 3 is 2.58 bits per heavy atom. The summed E-state index contributed by atoms with van der Waals surface area (Å²) in [6.07, 6.45) is 0.540. The number of carbonyl (C=O) groups is 1. The zero-order chi connectivity index (χ0) is 14.5. The second-order valence-corrected chi connectivity index (χ2v) is 4.94. The van der Waals surface area contributed by atoms with E-state index in [1.165, 1.54) is 7.11 Å². The lowest BCUT2D eigenvalue weighted by atomic mass is 10.2. The van der Waals surface area contributed by atoms with Crippen LogP contribution in [0, 0.1) is 0 Å². The fourth-order valence-electron chi connectivity index (χ4n) is 1.34. The van der Waals surface area contributed by atoms with Crippen molar-refractivity contribution in [2.75, 3.05) is 20.3 Å². The molecule has 106 valence electrons. The van der Waals surface area contributed by atoms with E-state index in [1.807, 2.05) is 0 Å². The van der Waals surface area contributed by atoms with Gasteiger partial charge in [0.25, 0.3) is 0 Å². The average Bonchev–Trinajstić information content (AvgIpc) is 2.33. The summed E-state index contributed by atoms with van der Waals surface area (Å²) in [4.78, 5) is 10.3. The van der Waals surface area contributed by atoms with Crippen molar-refractivity contribution in [3.8, 4) is 5.75 Å². The zero-order valence-corrected chi connectivity index (χ0v) is 10.9. The van der Waals surface area contributed by atoms with E-state index in [1.54, 1.807) is 0 Å². The predicted molar refractivity (Wildman–Crippen MR) is 63.7 cm³/mol. The van der Waals surface area contributed by atoms with Gasteiger partial charge in [-0.2, -0.15) is 8.42 Å². The highest BCUT2D eigenvalue weighted by molar-refractivity contribution is 7.86. The molecule has 1 aromatic carbocycles. The lowest BCUT2D eigenvalue weighted by Crippen LogP contribution is -2.07. The lowest BCUT2D eigenvalue weighted by molar-refractivity contribution is 0.0691. The number of halogens is 1. The van der Waals surface area contributed by atoms with Crippen LogP contribution in [-0.2, 0) is 15.0 Å². The zero-order valence-electron chi connectivity index (χ0n) is 10.1. The van der Waals surface area contributed by atoms with Gasteiger partial charge < -0.3 is 14.6 Å². The van der Waals surface area contributed by atoms with Gasteiger partial charge in [-0.25, -0.2) is 4.79 Å². The van der Waals surface area contributed by atoms with Gasteiger partial charge in [-0.05, 0) is 18.2 Å². The van der Waals surface area contributed by atoms with Gasteiger partial charge in [-0.3, -0.25) is 0 Å². The fraction of sp³-hybridized carbons (Fsp3) is 0.364. The largest absolute Gasteiger partial charge is 0.493 e. The number of hydrogen-bond donors (Lipinski definition) is 1. The Labute approximate surface area is 110 Å². The van der Waals surface area contributed by atoms with E-state index in [4.69, 9.17) is 14.6 Å². The summed E-state index contributed by atoms with van der Waals surface area (Å²) in [5, 5.41) is 8.94. The normalized spacial score (nSPS) is 11.3. The second kappa shape index (κ2) is 6.48. The Hall–Kier alpha value is -1.67. The number of methoxy groups -OCH3 is 1. The molecular formula is C11H13FO6S. The second-order valence-electron chi connectivity index (χ2n) is 3.60. The summed E-state index contributed by atoms with van der Waals surface area (Å²) < 4.78 is 44.2. The van der Waals surface area contributed by atoms with Crippen LogP contribution < -0.4 is 4.74 Å². The summed E-state index contributed by atoms with van der Waals surface area (Å²) in [6, 6.07) is 2.79. The molecule has 0 atom stereocenters. The minimum Gasteiger partial charge on any atom is -0.493 e. The van der Waals surface area contributed by atoms with Crippen LogP contribution >= 0.6 is 0 Å². The van der Waals surface area contributed by atoms with E-state index in [-0.39, 0.29) is 12.4 Å². The highest BCUT2D eigenvalue weighted by Gasteiger charge is 2.18. The molecule has 0 saturated carbocycles. The lowest BCUT2D eigenvalue weighted by Gasteiger charge is -2.09. The number of aromatic carboxylic acids is 1. The fourth-order valence-corrected chi connectivity index (χ4v) is 1.83. The molecule has 1 N–H and O–H groups in total. The number of hydrogen-bond acceptors (Lipinski definition) is 5. The van der Waals surface area contributed by atoms with Gasteiger partial charge in [-0.1, -0.05) is 0 Å². The maximum absolute atomic E-state index is 12.8. The number of ether oxygens (including phenoxy) is 2. The van der Waals surface area contributed by atoms with Crippen LogP contribution in [0.25, 0.3) is 0 Å². The molecule has 0 aromatic heterocycles. The molecule has 0 amide bonds. The average molecular weight is 292 g/mol. The number of carboxylic acids is 1. The molecule has 0 saturated heterocycles. The van der Waals surface area contributed by atoms with E-state index in [2.05, 4.69) is 0 Å². The molecule has 0 bridgehead atoms. The van der Waals surface area contributed by atoms with Gasteiger partial charge in [0.05, 0.1) is 11.5 Å². The number of carboxylic acid groups (broad SMARTS) is 1. The first kappa shape index (κ1) is 15.4. The first-order valence-corrected chi connectivity index (χ1v) is 6.68. The van der Waals surface area contributed by atoms with Gasteiger partial charge in [0.2, 0.25) is 0 Å². The smallest absolute Gasteiger partial charge is 0.339 e. The molecule has 0 aliphatic carbocycles. The van der Waals surface area contributed by atoms with Crippen LogP contribution in [0.2, 0.25) is 0 Å². The van der Waals surface area contributed by atoms with Gasteiger partial charge in [0, 0.05) is 20.1 Å². The predicted octanol–water partition coefficient (Wildman–Crippen LogP) is 1.46. The quantitative estimate of drug-likeness (QED) is 0.604. The Morgan fingerprint density at radius 2 is 2.05 bits per heavy atom. The third-order valence-corrected chi connectivity index (χ3v) is 3.03. The van der Waals surface area contributed by atoms with E-state index in [0.29, 0.717) is 13.0 Å². The molecule has 0 aliphatic heterocycles. The Bertz CT molecular complexity index is 554. The molecular weight excluding hydrogens is 279 g/mol. The van der Waals surface area contributed by atoms with Crippen LogP contribution in [0.4, 0.5) is 3.89 Å². The molecule has 1 rings (SSSR count). The summed E-state index contributed by atoms with van der Waals surface area (Å²) >= 11 is 0. The Morgan fingerprint density at radius 1 is 1.37 bits per heavy atom. The van der Waals surface area contributed by atoms with Crippen LogP contribution in [0.1, 0.15) is 16.8 Å². The van der Waals surface area contributed by atoms with Gasteiger partial charge in [0.15, 0.2) is 0 Å². The molecule has 0 heterocycles. The van der Waals surface area contributed by atoms with Crippen LogP contribution in [0.5, 0.6) is 5.75 Å². The maximum Gasteiger partial charge on any atom is 0.339 e. The third-order valence-electron chi connectivity index (χ3n) is 2.21. The molecule has 8 heteroatoms. The number of benzene rings is 1. The summed E-state index contributed by atoms with van der Waals surface area (Å²) in [5.74, 6) is -1.41. The van der Waals surface area contributed by atoms with Crippen LogP contribution in [0.15, 0.2) is 23.1 Å². The molecule has 0 fully saturated rings. The van der Waals surface area contributed by atoms with Crippen molar-refractivity contribution in [3.63, 3.8) is 0 Å². The van der Waals surface area contributed by atoms with Crippen molar-refractivity contribution in [1.29, 1.82) is 0 Å². The van der Waals surface area contributed by atoms with Gasteiger partial charge in [-0.15, -0.1) is 3.89 Å². The van der Waals surface area contributed by atoms with Crippen molar-refractivity contribution >= 4 is 16.2 Å². The molecule has 0 aliphatic rings. The first-order chi connectivity index (χ1) is 8.86. The summed E-state index contributed by atoms with van der Waals surface area (Å²) in [6.45, 7) is 0.648. The standard InChI is InChI=1S/C11H13FO6S/c1-17-5-2-6-18-10-4-3-8(19(12,15)16)7-9(10)11(13)14/h3-4,7H,2,5-6H2,1H3,(H,13,14). The molecule has 19 heavy (non-hydrogen) atoms. The van der Waals surface area contributed by atoms with Crippen molar-refractivity contribution in [2.45, 2.75) is 11.3 Å². The van der Waals surface area contributed by atoms with Crippen LogP contribution in [0.3, 0.4) is 0 Å². The highest BCUT2D eigenvalue weighted by Crippen LogP contribution is 2.24. The van der Waals surface area contributed by atoms with Crippen molar-refractivity contribution in [1.82, 2.24) is 0 Å². The highest BCUT2D eigenvalue weighted by atomic mass is 32.3. The SMILES string of the molecule is COCCCOc1ccc(S(=O)(=O)F)cc1C(=O)O. The van der Waals surface area contributed by atoms with Crippen LogP contribution in [-0.4, -0.2) is 39.8 Å². The van der Waals surface area contributed by atoms with E-state index >= 15 is 0 Å². The van der Waals surface area contributed by atoms with Crippen molar-refractivity contribution in [3.05, 3.63) is 23.8 Å².